The highest BCUT2D eigenvalue weighted by Crippen LogP contribution is 2.55. The Labute approximate surface area is 147 Å². The number of hydrogen-bond acceptors (Lipinski definition) is 3. The van der Waals surface area contributed by atoms with Gasteiger partial charge in [0.15, 0.2) is 0 Å². The van der Waals surface area contributed by atoms with Gasteiger partial charge in [-0.1, -0.05) is 26.2 Å². The van der Waals surface area contributed by atoms with Gasteiger partial charge in [0.05, 0.1) is 6.10 Å². The number of hydrogen-bond donors (Lipinski definition) is 1. The maximum absolute atomic E-state index is 12.9. The first kappa shape index (κ1) is 19.0. The summed E-state index contributed by atoms with van der Waals surface area (Å²) in [7, 11) is 2.04. The van der Waals surface area contributed by atoms with Crippen LogP contribution in [-0.2, 0) is 9.53 Å². The lowest BCUT2D eigenvalue weighted by atomic mass is 9.54. The van der Waals surface area contributed by atoms with E-state index in [1.165, 1.54) is 32.1 Å². The average molecular weight is 345 g/mol. The normalized spacial score (nSPS) is 30.7. The highest BCUT2D eigenvalue weighted by molar-refractivity contribution is 5.85. The number of carbonyl (C=O) groups excluding carboxylic acids is 1. The zero-order valence-corrected chi connectivity index (χ0v) is 15.7. The van der Waals surface area contributed by atoms with Gasteiger partial charge in [0.25, 0.3) is 0 Å². The van der Waals surface area contributed by atoms with Crippen LogP contribution in [0, 0.1) is 17.3 Å². The molecule has 2 aliphatic carbocycles. The molecule has 3 atom stereocenters. The van der Waals surface area contributed by atoms with Gasteiger partial charge in [-0.3, -0.25) is 4.79 Å². The average Bonchev–Trinajstić information content (AvgIpc) is 2.48. The van der Waals surface area contributed by atoms with Crippen LogP contribution in [0.3, 0.4) is 0 Å². The van der Waals surface area contributed by atoms with Crippen LogP contribution < -0.4 is 5.32 Å². The first-order valence-corrected chi connectivity index (χ1v) is 9.19. The summed E-state index contributed by atoms with van der Waals surface area (Å²) in [4.78, 5) is 14.9. The molecule has 1 amide bonds. The first-order valence-electron chi connectivity index (χ1n) is 9.19. The highest BCUT2D eigenvalue weighted by Gasteiger charge is 2.58. The van der Waals surface area contributed by atoms with Crippen LogP contribution >= 0.6 is 12.4 Å². The molecule has 134 valence electrons. The summed E-state index contributed by atoms with van der Waals surface area (Å²) < 4.78 is 6.02. The van der Waals surface area contributed by atoms with Gasteiger partial charge in [-0.25, -0.2) is 0 Å². The number of amides is 1. The summed E-state index contributed by atoms with van der Waals surface area (Å²) in [5.74, 6) is 1.02. The molecule has 3 rings (SSSR count). The lowest BCUT2D eigenvalue weighted by Crippen LogP contribution is -2.66. The highest BCUT2D eigenvalue weighted by atomic mass is 35.5. The van der Waals surface area contributed by atoms with E-state index in [0.717, 1.165) is 26.1 Å². The van der Waals surface area contributed by atoms with Crippen molar-refractivity contribution in [1.82, 2.24) is 10.2 Å². The molecular weight excluding hydrogens is 312 g/mol. The van der Waals surface area contributed by atoms with Crippen LogP contribution in [0.2, 0.25) is 0 Å². The minimum atomic E-state index is 0. The Morgan fingerprint density at radius 3 is 2.48 bits per heavy atom. The zero-order valence-electron chi connectivity index (χ0n) is 14.8. The van der Waals surface area contributed by atoms with Gasteiger partial charge >= 0.3 is 0 Å². The molecule has 2 saturated carbocycles. The molecule has 4 nitrogen and oxygen atoms in total. The largest absolute Gasteiger partial charge is 0.378 e. The smallest absolute Gasteiger partial charge is 0.225 e. The van der Waals surface area contributed by atoms with Gasteiger partial charge in [0, 0.05) is 31.0 Å². The molecule has 3 fully saturated rings. The molecule has 23 heavy (non-hydrogen) atoms. The quantitative estimate of drug-likeness (QED) is 0.833. The van der Waals surface area contributed by atoms with Crippen molar-refractivity contribution in [3.05, 3.63) is 0 Å². The predicted octanol–water partition coefficient (Wildman–Crippen LogP) is 2.85. The van der Waals surface area contributed by atoms with Gasteiger partial charge in [-0.2, -0.15) is 0 Å². The molecule has 0 aromatic rings. The van der Waals surface area contributed by atoms with E-state index in [1.54, 1.807) is 0 Å². The van der Waals surface area contributed by atoms with Crippen molar-refractivity contribution >= 4 is 18.3 Å². The fourth-order valence-electron chi connectivity index (χ4n) is 4.91. The number of nitrogens with zero attached hydrogens (tertiary/aromatic N) is 1. The van der Waals surface area contributed by atoms with Gasteiger partial charge in [-0.05, 0) is 45.2 Å². The maximum Gasteiger partial charge on any atom is 0.225 e. The van der Waals surface area contributed by atoms with E-state index in [-0.39, 0.29) is 23.7 Å². The fraction of sp³-hybridized carbons (Fsp3) is 0.944. The number of rotatable bonds is 5. The van der Waals surface area contributed by atoms with E-state index in [0.29, 0.717) is 24.0 Å². The van der Waals surface area contributed by atoms with Crippen LogP contribution in [0.1, 0.15) is 52.4 Å². The maximum atomic E-state index is 12.9. The predicted molar refractivity (Wildman–Crippen MR) is 94.9 cm³/mol. The molecule has 1 heterocycles. The Bertz CT molecular complexity index is 408. The number of carbonyl (C=O) groups is 1. The molecule has 0 bridgehead atoms. The van der Waals surface area contributed by atoms with Gasteiger partial charge < -0.3 is 15.0 Å². The van der Waals surface area contributed by atoms with Gasteiger partial charge in [0.2, 0.25) is 5.91 Å². The molecule has 5 heteroatoms. The third-order valence-corrected chi connectivity index (χ3v) is 6.62. The third kappa shape index (κ3) is 3.27. The minimum Gasteiger partial charge on any atom is -0.378 e. The minimum absolute atomic E-state index is 0. The summed E-state index contributed by atoms with van der Waals surface area (Å²) in [5, 5.41) is 3.28. The first-order chi connectivity index (χ1) is 10.6. The Morgan fingerprint density at radius 2 is 1.96 bits per heavy atom. The van der Waals surface area contributed by atoms with Gasteiger partial charge in [0.1, 0.15) is 0 Å². The molecule has 1 saturated heterocycles. The molecule has 1 N–H and O–H groups in total. The molecule has 0 radical (unpaired) electrons. The van der Waals surface area contributed by atoms with E-state index in [9.17, 15) is 4.79 Å². The van der Waals surface area contributed by atoms with Crippen molar-refractivity contribution in [1.29, 1.82) is 0 Å². The molecule has 0 aromatic heterocycles. The summed E-state index contributed by atoms with van der Waals surface area (Å²) >= 11 is 0. The SMILES string of the molecule is CCOC1CC(N(C)C(=O)C(C)C2CNC2)C12CCCCC2.Cl. The monoisotopic (exact) mass is 344 g/mol. The second-order valence-electron chi connectivity index (χ2n) is 7.65. The summed E-state index contributed by atoms with van der Waals surface area (Å²) in [6, 6.07) is 0.396. The van der Waals surface area contributed by atoms with E-state index >= 15 is 0 Å². The standard InChI is InChI=1S/C18H32N2O2.ClH/c1-4-22-16-10-15(18(16)8-6-5-7-9-18)20(3)17(21)13(2)14-11-19-12-14;/h13-16,19H,4-12H2,1-3H3;1H. The van der Waals surface area contributed by atoms with Crippen LogP contribution in [0.15, 0.2) is 0 Å². The van der Waals surface area contributed by atoms with Crippen LogP contribution in [0.25, 0.3) is 0 Å². The lowest BCUT2D eigenvalue weighted by Gasteiger charge is -2.60. The van der Waals surface area contributed by atoms with Crippen LogP contribution in [0.4, 0.5) is 0 Å². The number of halogens is 1. The molecule has 0 aromatic carbocycles. The van der Waals surface area contributed by atoms with Gasteiger partial charge in [-0.15, -0.1) is 12.4 Å². The topological polar surface area (TPSA) is 41.6 Å². The second kappa shape index (κ2) is 7.71. The third-order valence-electron chi connectivity index (χ3n) is 6.62. The number of ether oxygens (including phenoxy) is 1. The van der Waals surface area contributed by atoms with Crippen LogP contribution in [-0.4, -0.2) is 49.7 Å². The Kier molecular flexibility index (Phi) is 6.37. The zero-order chi connectivity index (χ0) is 15.7. The van der Waals surface area contributed by atoms with Crippen molar-refractivity contribution in [3.63, 3.8) is 0 Å². The summed E-state index contributed by atoms with van der Waals surface area (Å²) in [6.45, 7) is 6.98. The van der Waals surface area contributed by atoms with E-state index in [2.05, 4.69) is 24.1 Å². The van der Waals surface area contributed by atoms with Crippen molar-refractivity contribution in [3.8, 4) is 0 Å². The van der Waals surface area contributed by atoms with E-state index < -0.39 is 0 Å². The van der Waals surface area contributed by atoms with Crippen molar-refractivity contribution in [2.75, 3.05) is 26.7 Å². The molecular formula is C18H33ClN2O2. The van der Waals surface area contributed by atoms with Crippen molar-refractivity contribution in [2.45, 2.75) is 64.5 Å². The van der Waals surface area contributed by atoms with Crippen LogP contribution in [0.5, 0.6) is 0 Å². The lowest BCUT2D eigenvalue weighted by molar-refractivity contribution is -0.187. The second-order valence-corrected chi connectivity index (χ2v) is 7.65. The molecule has 3 unspecified atom stereocenters. The number of nitrogens with one attached hydrogen (secondary N) is 1. The molecule has 1 spiro atoms. The van der Waals surface area contributed by atoms with E-state index in [4.69, 9.17) is 4.74 Å². The van der Waals surface area contributed by atoms with Crippen molar-refractivity contribution < 1.29 is 9.53 Å². The van der Waals surface area contributed by atoms with Crippen molar-refractivity contribution in [2.24, 2.45) is 17.3 Å². The fourth-order valence-corrected chi connectivity index (χ4v) is 4.91. The Morgan fingerprint density at radius 1 is 1.30 bits per heavy atom. The summed E-state index contributed by atoms with van der Waals surface area (Å²) in [5.41, 5.74) is 0.246. The Balaban J connectivity index is 0.00000192. The summed E-state index contributed by atoms with van der Waals surface area (Å²) in [6.07, 6.45) is 7.81. The molecule has 1 aliphatic heterocycles. The van der Waals surface area contributed by atoms with E-state index in [1.807, 2.05) is 7.05 Å². The Hall–Kier alpha value is -0.320. The molecule has 3 aliphatic rings.